The fourth-order valence-electron chi connectivity index (χ4n) is 4.54. The van der Waals surface area contributed by atoms with Gasteiger partial charge in [-0.15, -0.1) is 0 Å². The molecule has 0 bridgehead atoms. The number of ether oxygens (including phenoxy) is 3. The van der Waals surface area contributed by atoms with Gasteiger partial charge in [0.1, 0.15) is 0 Å². The van der Waals surface area contributed by atoms with Crippen LogP contribution in [0.1, 0.15) is 50.5 Å². The Balaban J connectivity index is 1.22. The molecule has 5 rings (SSSR count). The number of benzene rings is 2. The summed E-state index contributed by atoms with van der Waals surface area (Å²) in [6.45, 7) is 4.96. The second-order valence-electron chi connectivity index (χ2n) is 8.75. The molecule has 8 nitrogen and oxygen atoms in total. The molecule has 8 heteroatoms. The van der Waals surface area contributed by atoms with Crippen molar-refractivity contribution in [3.63, 3.8) is 0 Å². The summed E-state index contributed by atoms with van der Waals surface area (Å²) < 4.78 is 18.2. The first-order chi connectivity index (χ1) is 16.9. The fourth-order valence-corrected chi connectivity index (χ4v) is 4.54. The van der Waals surface area contributed by atoms with Crippen LogP contribution in [0.15, 0.2) is 48.5 Å². The number of esters is 1. The highest BCUT2D eigenvalue weighted by molar-refractivity contribution is 6.01. The first-order valence-corrected chi connectivity index (χ1v) is 11.6. The number of aromatic nitrogens is 1. The summed E-state index contributed by atoms with van der Waals surface area (Å²) in [6, 6.07) is 14.3. The molecule has 3 aromatic rings. The minimum Gasteiger partial charge on any atom is -0.454 e. The summed E-state index contributed by atoms with van der Waals surface area (Å²) in [5, 5.41) is 0. The van der Waals surface area contributed by atoms with E-state index in [1.807, 2.05) is 42.7 Å². The predicted octanol–water partition coefficient (Wildman–Crippen LogP) is 4.05. The molecule has 1 aromatic heterocycles. The molecule has 1 saturated heterocycles. The van der Waals surface area contributed by atoms with Crippen molar-refractivity contribution in [3.8, 4) is 11.5 Å². The Morgan fingerprint density at radius 3 is 2.51 bits per heavy atom. The zero-order chi connectivity index (χ0) is 24.5. The number of ketones is 1. The molecule has 3 heterocycles. The zero-order valence-electron chi connectivity index (χ0n) is 19.7. The number of anilines is 1. The van der Waals surface area contributed by atoms with Crippen molar-refractivity contribution < 1.29 is 28.6 Å². The number of amides is 1. The largest absolute Gasteiger partial charge is 0.454 e. The zero-order valence-corrected chi connectivity index (χ0v) is 19.7. The lowest BCUT2D eigenvalue weighted by molar-refractivity contribution is -0.117. The topological polar surface area (TPSA) is 87.1 Å². The van der Waals surface area contributed by atoms with Crippen LogP contribution in [0, 0.1) is 13.8 Å². The van der Waals surface area contributed by atoms with Gasteiger partial charge in [-0.1, -0.05) is 6.07 Å². The maximum Gasteiger partial charge on any atom is 0.338 e. The Bertz CT molecular complexity index is 1310. The van der Waals surface area contributed by atoms with Gasteiger partial charge in [-0.3, -0.25) is 9.59 Å². The van der Waals surface area contributed by atoms with Gasteiger partial charge in [-0.05, 0) is 68.3 Å². The van der Waals surface area contributed by atoms with Gasteiger partial charge in [0, 0.05) is 42.1 Å². The molecular formula is C27H26N2O6. The quantitative estimate of drug-likeness (QED) is 0.379. The lowest BCUT2D eigenvalue weighted by Crippen LogP contribution is -2.23. The maximum absolute atomic E-state index is 12.9. The SMILES string of the molecule is Cc1cc(C(=O)COC(=O)c2ccc(N3CCCC3=O)cc2)c(C)n1Cc1ccc2c(c1)OCO2. The van der Waals surface area contributed by atoms with Crippen LogP contribution in [0.2, 0.25) is 0 Å². The van der Waals surface area contributed by atoms with E-state index < -0.39 is 5.97 Å². The Morgan fingerprint density at radius 2 is 1.77 bits per heavy atom. The van der Waals surface area contributed by atoms with E-state index >= 15 is 0 Å². The van der Waals surface area contributed by atoms with E-state index in [0.29, 0.717) is 36.4 Å². The molecule has 2 aromatic carbocycles. The normalized spacial score (nSPS) is 14.5. The molecule has 0 saturated carbocycles. The number of rotatable bonds is 7. The number of nitrogens with zero attached hydrogens (tertiary/aromatic N) is 2. The third-order valence-corrected chi connectivity index (χ3v) is 6.47. The number of carbonyl (C=O) groups is 3. The van der Waals surface area contributed by atoms with E-state index in [4.69, 9.17) is 14.2 Å². The van der Waals surface area contributed by atoms with Crippen molar-refractivity contribution in [2.75, 3.05) is 24.8 Å². The van der Waals surface area contributed by atoms with Crippen molar-refractivity contribution in [2.45, 2.75) is 33.2 Å². The minimum atomic E-state index is -0.577. The molecule has 0 aliphatic carbocycles. The summed E-state index contributed by atoms with van der Waals surface area (Å²) >= 11 is 0. The highest BCUT2D eigenvalue weighted by atomic mass is 16.7. The number of hydrogen-bond donors (Lipinski definition) is 0. The third kappa shape index (κ3) is 4.51. The third-order valence-electron chi connectivity index (χ3n) is 6.47. The molecule has 0 N–H and O–H groups in total. The Kier molecular flexibility index (Phi) is 6.03. The second-order valence-corrected chi connectivity index (χ2v) is 8.75. The molecule has 35 heavy (non-hydrogen) atoms. The molecule has 180 valence electrons. The van der Waals surface area contributed by atoms with Gasteiger partial charge < -0.3 is 23.7 Å². The molecule has 2 aliphatic heterocycles. The number of Topliss-reactive ketones (excluding diaryl/α,β-unsaturated/α-hetero) is 1. The standard InChI is InChI=1S/C27H26N2O6/c1-17-12-22(18(2)29(17)14-19-5-10-24-25(13-19)35-16-34-24)23(30)15-33-27(32)20-6-8-21(9-7-20)28-11-3-4-26(28)31/h5-10,12-13H,3-4,11,14-16H2,1-2H3. The number of fused-ring (bicyclic) bond motifs is 1. The summed E-state index contributed by atoms with van der Waals surface area (Å²) in [4.78, 5) is 38.9. The van der Waals surface area contributed by atoms with Crippen LogP contribution in [0.25, 0.3) is 0 Å². The van der Waals surface area contributed by atoms with Crippen molar-refractivity contribution in [2.24, 2.45) is 0 Å². The van der Waals surface area contributed by atoms with E-state index in [0.717, 1.165) is 34.8 Å². The average Bonchev–Trinajstić information content (AvgIpc) is 3.58. The Morgan fingerprint density at radius 1 is 1.00 bits per heavy atom. The van der Waals surface area contributed by atoms with Crippen molar-refractivity contribution >= 4 is 23.3 Å². The highest BCUT2D eigenvalue weighted by Gasteiger charge is 2.22. The molecular weight excluding hydrogens is 448 g/mol. The number of aryl methyl sites for hydroxylation is 1. The monoisotopic (exact) mass is 474 g/mol. The van der Waals surface area contributed by atoms with Crippen LogP contribution in [-0.4, -0.2) is 42.2 Å². The molecule has 0 unspecified atom stereocenters. The van der Waals surface area contributed by atoms with Crippen molar-refractivity contribution in [3.05, 3.63) is 76.6 Å². The minimum absolute atomic E-state index is 0.0852. The van der Waals surface area contributed by atoms with Gasteiger partial charge in [0.15, 0.2) is 18.1 Å². The molecule has 0 atom stereocenters. The Hall–Kier alpha value is -4.07. The number of hydrogen-bond acceptors (Lipinski definition) is 6. The lowest BCUT2D eigenvalue weighted by Gasteiger charge is -2.15. The smallest absolute Gasteiger partial charge is 0.338 e. The van der Waals surface area contributed by atoms with Gasteiger partial charge in [0.2, 0.25) is 18.5 Å². The first-order valence-electron chi connectivity index (χ1n) is 11.6. The van der Waals surface area contributed by atoms with Crippen LogP contribution in [0.3, 0.4) is 0 Å². The summed E-state index contributed by atoms with van der Waals surface area (Å²) in [5.74, 6) is 0.691. The molecule has 1 amide bonds. The van der Waals surface area contributed by atoms with Gasteiger partial charge in [0.05, 0.1) is 5.56 Å². The second kappa shape index (κ2) is 9.29. The van der Waals surface area contributed by atoms with Crippen LogP contribution in [-0.2, 0) is 16.1 Å². The predicted molar refractivity (Wildman–Crippen MR) is 128 cm³/mol. The average molecular weight is 475 g/mol. The molecule has 0 spiro atoms. The first kappa shape index (κ1) is 22.7. The van der Waals surface area contributed by atoms with E-state index in [1.165, 1.54) is 0 Å². The van der Waals surface area contributed by atoms with E-state index in [9.17, 15) is 14.4 Å². The van der Waals surface area contributed by atoms with Gasteiger partial charge in [0.25, 0.3) is 0 Å². The van der Waals surface area contributed by atoms with Gasteiger partial charge in [-0.2, -0.15) is 0 Å². The number of carbonyl (C=O) groups excluding carboxylic acids is 3. The van der Waals surface area contributed by atoms with Crippen LogP contribution >= 0.6 is 0 Å². The maximum atomic E-state index is 12.9. The van der Waals surface area contributed by atoms with Gasteiger partial charge in [-0.25, -0.2) is 4.79 Å². The van der Waals surface area contributed by atoms with Crippen LogP contribution in [0.4, 0.5) is 5.69 Å². The van der Waals surface area contributed by atoms with Crippen LogP contribution in [0.5, 0.6) is 11.5 Å². The molecule has 2 aliphatic rings. The van der Waals surface area contributed by atoms with E-state index in [2.05, 4.69) is 0 Å². The molecule has 0 radical (unpaired) electrons. The summed E-state index contributed by atoms with van der Waals surface area (Å²) in [5.41, 5.74) is 4.39. The van der Waals surface area contributed by atoms with Crippen molar-refractivity contribution in [1.82, 2.24) is 4.57 Å². The fraction of sp³-hybridized carbons (Fsp3) is 0.296. The Labute approximate surface area is 203 Å². The molecule has 1 fully saturated rings. The van der Waals surface area contributed by atoms with Gasteiger partial charge >= 0.3 is 5.97 Å². The highest BCUT2D eigenvalue weighted by Crippen LogP contribution is 2.33. The van der Waals surface area contributed by atoms with E-state index in [1.54, 1.807) is 29.2 Å². The van der Waals surface area contributed by atoms with Crippen LogP contribution < -0.4 is 14.4 Å². The summed E-state index contributed by atoms with van der Waals surface area (Å²) in [7, 11) is 0. The van der Waals surface area contributed by atoms with E-state index in [-0.39, 0.29) is 25.1 Å². The summed E-state index contributed by atoms with van der Waals surface area (Å²) in [6.07, 6.45) is 1.38. The lowest BCUT2D eigenvalue weighted by atomic mass is 10.1. The van der Waals surface area contributed by atoms with Crippen molar-refractivity contribution in [1.29, 1.82) is 0 Å².